The molecule has 1 aliphatic heterocycles. The van der Waals surface area contributed by atoms with Crippen LogP contribution in [0.15, 0.2) is 17.6 Å². The first-order valence-corrected chi connectivity index (χ1v) is 9.56. The van der Waals surface area contributed by atoms with Gasteiger partial charge in [0, 0.05) is 44.3 Å². The molecular formula is C18H25N5O2S. The fourth-order valence-corrected chi connectivity index (χ4v) is 4.39. The monoisotopic (exact) mass is 375 g/mol. The second kappa shape index (κ2) is 7.59. The van der Waals surface area contributed by atoms with E-state index in [4.69, 9.17) is 0 Å². The van der Waals surface area contributed by atoms with Gasteiger partial charge in [0.05, 0.1) is 17.3 Å². The Kier molecular flexibility index (Phi) is 5.43. The molecule has 3 rings (SSSR count). The van der Waals surface area contributed by atoms with E-state index in [9.17, 15) is 9.59 Å². The fourth-order valence-electron chi connectivity index (χ4n) is 3.46. The minimum absolute atomic E-state index is 0.00600. The Balaban J connectivity index is 1.71. The molecule has 2 amide bonds. The van der Waals surface area contributed by atoms with Crippen LogP contribution in [-0.4, -0.2) is 52.2 Å². The number of rotatable bonds is 5. The first-order valence-electron chi connectivity index (χ1n) is 8.68. The van der Waals surface area contributed by atoms with Gasteiger partial charge in [-0.15, -0.1) is 11.3 Å². The number of thiophene rings is 1. The third kappa shape index (κ3) is 3.81. The number of nitrogens with zero attached hydrogens (tertiary/aromatic N) is 3. The third-order valence-corrected chi connectivity index (χ3v) is 5.87. The highest BCUT2D eigenvalue weighted by Gasteiger charge is 2.37. The SMILES string of the molecule is CNC(=O)[C@@H]1C[C@@H](NC(=O)c2cn(C)nc2C)CN1Cc1sccc1C. The van der Waals surface area contributed by atoms with E-state index in [1.807, 2.05) is 6.92 Å². The highest BCUT2D eigenvalue weighted by molar-refractivity contribution is 7.10. The largest absolute Gasteiger partial charge is 0.358 e. The number of aryl methyl sites for hydroxylation is 3. The molecule has 0 spiro atoms. The molecule has 0 radical (unpaired) electrons. The quantitative estimate of drug-likeness (QED) is 0.824. The lowest BCUT2D eigenvalue weighted by atomic mass is 10.1. The van der Waals surface area contributed by atoms with Crippen molar-refractivity contribution < 1.29 is 9.59 Å². The van der Waals surface area contributed by atoms with Crippen molar-refractivity contribution in [1.82, 2.24) is 25.3 Å². The second-order valence-electron chi connectivity index (χ2n) is 6.79. The summed E-state index contributed by atoms with van der Waals surface area (Å²) in [6.45, 7) is 5.28. The van der Waals surface area contributed by atoms with Gasteiger partial charge in [-0.1, -0.05) is 0 Å². The van der Waals surface area contributed by atoms with E-state index < -0.39 is 0 Å². The van der Waals surface area contributed by atoms with Crippen molar-refractivity contribution in [3.8, 4) is 0 Å². The van der Waals surface area contributed by atoms with Crippen LogP contribution >= 0.6 is 11.3 Å². The number of hydrogen-bond acceptors (Lipinski definition) is 5. The Hall–Kier alpha value is -2.19. The van der Waals surface area contributed by atoms with Crippen LogP contribution in [-0.2, 0) is 18.4 Å². The lowest BCUT2D eigenvalue weighted by molar-refractivity contribution is -0.125. The van der Waals surface area contributed by atoms with Crippen molar-refractivity contribution >= 4 is 23.2 Å². The standard InChI is InChI=1S/C18H25N5O2S/c1-11-5-6-26-16(11)10-23-8-13(7-15(23)18(25)19-3)20-17(24)14-9-22(4)21-12(14)2/h5-6,9,13,15H,7-8,10H2,1-4H3,(H,19,25)(H,20,24)/t13-,15+/m1/s1. The summed E-state index contributed by atoms with van der Waals surface area (Å²) < 4.78 is 1.64. The van der Waals surface area contributed by atoms with E-state index in [0.29, 0.717) is 24.2 Å². The summed E-state index contributed by atoms with van der Waals surface area (Å²) in [7, 11) is 3.45. The molecule has 7 nitrogen and oxygen atoms in total. The molecule has 1 aliphatic rings. The molecule has 8 heteroatoms. The van der Waals surface area contributed by atoms with Crippen LogP contribution in [0.5, 0.6) is 0 Å². The van der Waals surface area contributed by atoms with Crippen LogP contribution in [0.25, 0.3) is 0 Å². The van der Waals surface area contributed by atoms with Crippen molar-refractivity contribution in [2.24, 2.45) is 7.05 Å². The zero-order chi connectivity index (χ0) is 18.8. The number of aromatic nitrogens is 2. The highest BCUT2D eigenvalue weighted by Crippen LogP contribution is 2.25. The van der Waals surface area contributed by atoms with E-state index in [2.05, 4.69) is 39.0 Å². The van der Waals surface area contributed by atoms with Gasteiger partial charge in [0.25, 0.3) is 5.91 Å². The summed E-state index contributed by atoms with van der Waals surface area (Å²) in [5.41, 5.74) is 2.53. The number of nitrogens with one attached hydrogen (secondary N) is 2. The van der Waals surface area contributed by atoms with Crippen LogP contribution in [0.2, 0.25) is 0 Å². The summed E-state index contributed by atoms with van der Waals surface area (Å²) in [5.74, 6) is -0.140. The Bertz CT molecular complexity index is 812. The number of likely N-dealkylation sites (tertiary alicyclic amines) is 1. The predicted molar refractivity (Wildman–Crippen MR) is 101 cm³/mol. The van der Waals surface area contributed by atoms with E-state index in [0.717, 1.165) is 6.54 Å². The lowest BCUT2D eigenvalue weighted by Crippen LogP contribution is -2.41. The Labute approximate surface area is 157 Å². The van der Waals surface area contributed by atoms with Gasteiger partial charge < -0.3 is 10.6 Å². The number of likely N-dealkylation sites (N-methyl/N-ethyl adjacent to an activating group) is 1. The molecule has 2 aromatic heterocycles. The van der Waals surface area contributed by atoms with E-state index in [1.165, 1.54) is 10.4 Å². The van der Waals surface area contributed by atoms with Crippen LogP contribution in [0.1, 0.15) is 32.9 Å². The molecular weight excluding hydrogens is 350 g/mol. The minimum Gasteiger partial charge on any atom is -0.358 e. The average Bonchev–Trinajstić information content (AvgIpc) is 3.27. The maximum absolute atomic E-state index is 12.6. The Morgan fingerprint density at radius 2 is 2.15 bits per heavy atom. The second-order valence-corrected chi connectivity index (χ2v) is 7.79. The molecule has 140 valence electrons. The van der Waals surface area contributed by atoms with Crippen molar-refractivity contribution in [3.05, 3.63) is 39.3 Å². The van der Waals surface area contributed by atoms with E-state index in [1.54, 1.807) is 36.3 Å². The predicted octanol–water partition coefficient (Wildman–Crippen LogP) is 1.22. The maximum Gasteiger partial charge on any atom is 0.255 e. The average molecular weight is 375 g/mol. The normalized spacial score (nSPS) is 20.3. The molecule has 1 saturated heterocycles. The number of carbonyl (C=O) groups is 2. The molecule has 0 unspecified atom stereocenters. The van der Waals surface area contributed by atoms with Gasteiger partial charge in [-0.25, -0.2) is 0 Å². The molecule has 0 aliphatic carbocycles. The van der Waals surface area contributed by atoms with Crippen molar-refractivity contribution in [2.45, 2.75) is 38.9 Å². The first kappa shape index (κ1) is 18.6. The summed E-state index contributed by atoms with van der Waals surface area (Å²) >= 11 is 1.70. The van der Waals surface area contributed by atoms with E-state index in [-0.39, 0.29) is 23.9 Å². The zero-order valence-corrected chi connectivity index (χ0v) is 16.4. The topological polar surface area (TPSA) is 79.3 Å². The summed E-state index contributed by atoms with van der Waals surface area (Å²) in [4.78, 5) is 28.3. The van der Waals surface area contributed by atoms with Gasteiger partial charge in [0.1, 0.15) is 0 Å². The summed E-state index contributed by atoms with van der Waals surface area (Å²) in [6, 6.07) is 1.79. The van der Waals surface area contributed by atoms with Gasteiger partial charge in [0.2, 0.25) is 5.91 Å². The van der Waals surface area contributed by atoms with Gasteiger partial charge in [0.15, 0.2) is 0 Å². The lowest BCUT2D eigenvalue weighted by Gasteiger charge is -2.22. The van der Waals surface area contributed by atoms with Crippen LogP contribution in [0, 0.1) is 13.8 Å². The number of hydrogen-bond donors (Lipinski definition) is 2. The molecule has 2 aromatic rings. The summed E-state index contributed by atoms with van der Waals surface area (Å²) in [6.07, 6.45) is 2.33. The van der Waals surface area contributed by atoms with Crippen LogP contribution < -0.4 is 10.6 Å². The fraction of sp³-hybridized carbons (Fsp3) is 0.500. The van der Waals surface area contributed by atoms with Gasteiger partial charge in [-0.05, 0) is 37.3 Å². The van der Waals surface area contributed by atoms with Crippen LogP contribution in [0.4, 0.5) is 0 Å². The molecule has 26 heavy (non-hydrogen) atoms. The van der Waals surface area contributed by atoms with Gasteiger partial charge in [-0.2, -0.15) is 5.10 Å². The smallest absolute Gasteiger partial charge is 0.255 e. The van der Waals surface area contributed by atoms with Crippen molar-refractivity contribution in [3.63, 3.8) is 0 Å². The minimum atomic E-state index is -0.234. The molecule has 1 fully saturated rings. The van der Waals surface area contributed by atoms with Crippen LogP contribution in [0.3, 0.4) is 0 Å². The van der Waals surface area contributed by atoms with Crippen molar-refractivity contribution in [1.29, 1.82) is 0 Å². The van der Waals surface area contributed by atoms with Gasteiger partial charge >= 0.3 is 0 Å². The third-order valence-electron chi connectivity index (χ3n) is 4.86. The Morgan fingerprint density at radius 3 is 2.73 bits per heavy atom. The molecule has 0 aromatic carbocycles. The molecule has 0 bridgehead atoms. The number of carbonyl (C=O) groups excluding carboxylic acids is 2. The zero-order valence-electron chi connectivity index (χ0n) is 15.6. The highest BCUT2D eigenvalue weighted by atomic mass is 32.1. The maximum atomic E-state index is 12.6. The van der Waals surface area contributed by atoms with Gasteiger partial charge in [-0.3, -0.25) is 19.2 Å². The molecule has 2 N–H and O–H groups in total. The van der Waals surface area contributed by atoms with E-state index >= 15 is 0 Å². The molecule has 2 atom stereocenters. The molecule has 3 heterocycles. The number of amides is 2. The Morgan fingerprint density at radius 1 is 1.38 bits per heavy atom. The summed E-state index contributed by atoms with van der Waals surface area (Å²) in [5, 5.41) is 12.1. The molecule has 0 saturated carbocycles. The van der Waals surface area contributed by atoms with Crippen molar-refractivity contribution in [2.75, 3.05) is 13.6 Å². The first-order chi connectivity index (χ1) is 12.4.